The third-order valence-corrected chi connectivity index (χ3v) is 3.52. The van der Waals surface area contributed by atoms with E-state index in [0.29, 0.717) is 18.0 Å². The standard InChI is InChI=1S/C17H23N3O2/c1-11(2)6-7-18-17(22)19-10-14-9-13-8-12(3)4-5-15(13)20-16(14)21/h4-5,8-9,11H,6-7,10H2,1-3H3,(H,20,21)(H2,18,19,22). The maximum absolute atomic E-state index is 12.0. The summed E-state index contributed by atoms with van der Waals surface area (Å²) in [6.07, 6.45) is 0.934. The second-order valence-electron chi connectivity index (χ2n) is 6.01. The van der Waals surface area contributed by atoms with E-state index in [1.54, 1.807) is 0 Å². The van der Waals surface area contributed by atoms with Gasteiger partial charge in [-0.3, -0.25) is 4.79 Å². The average Bonchev–Trinajstić information content (AvgIpc) is 2.45. The Morgan fingerprint density at radius 3 is 2.73 bits per heavy atom. The lowest BCUT2D eigenvalue weighted by molar-refractivity contribution is 0.240. The van der Waals surface area contributed by atoms with Gasteiger partial charge in [0.1, 0.15) is 0 Å². The first-order chi connectivity index (χ1) is 10.5. The predicted molar refractivity (Wildman–Crippen MR) is 89.0 cm³/mol. The first-order valence-electron chi connectivity index (χ1n) is 7.60. The number of benzene rings is 1. The Morgan fingerprint density at radius 1 is 1.23 bits per heavy atom. The van der Waals surface area contributed by atoms with Gasteiger partial charge in [0.05, 0.1) is 0 Å². The van der Waals surface area contributed by atoms with Crippen molar-refractivity contribution in [3.63, 3.8) is 0 Å². The molecular formula is C17H23N3O2. The molecule has 2 aromatic rings. The highest BCUT2D eigenvalue weighted by atomic mass is 16.2. The van der Waals surface area contributed by atoms with Gasteiger partial charge in [0, 0.05) is 24.2 Å². The number of hydrogen-bond donors (Lipinski definition) is 3. The SMILES string of the molecule is Cc1ccc2[nH]c(=O)c(CNC(=O)NCCC(C)C)cc2c1. The van der Waals surface area contributed by atoms with Gasteiger partial charge in [0.2, 0.25) is 0 Å². The molecule has 0 unspecified atom stereocenters. The van der Waals surface area contributed by atoms with Crippen molar-refractivity contribution in [2.45, 2.75) is 33.7 Å². The van der Waals surface area contributed by atoms with Crippen molar-refractivity contribution in [3.05, 3.63) is 45.7 Å². The van der Waals surface area contributed by atoms with Crippen molar-refractivity contribution in [2.75, 3.05) is 6.54 Å². The molecule has 22 heavy (non-hydrogen) atoms. The minimum Gasteiger partial charge on any atom is -0.338 e. The van der Waals surface area contributed by atoms with E-state index in [2.05, 4.69) is 29.5 Å². The number of aromatic amines is 1. The monoisotopic (exact) mass is 301 g/mol. The fourth-order valence-electron chi connectivity index (χ4n) is 2.21. The minimum atomic E-state index is -0.246. The molecule has 3 N–H and O–H groups in total. The maximum Gasteiger partial charge on any atom is 0.315 e. The fourth-order valence-corrected chi connectivity index (χ4v) is 2.21. The van der Waals surface area contributed by atoms with Gasteiger partial charge < -0.3 is 15.6 Å². The lowest BCUT2D eigenvalue weighted by atomic mass is 10.1. The van der Waals surface area contributed by atoms with Gasteiger partial charge in [-0.05, 0) is 42.8 Å². The number of nitrogens with one attached hydrogen (secondary N) is 3. The second kappa shape index (κ2) is 7.11. The molecule has 1 heterocycles. The van der Waals surface area contributed by atoms with Gasteiger partial charge in [0.15, 0.2) is 0 Å². The number of H-pyrrole nitrogens is 1. The number of hydrogen-bond acceptors (Lipinski definition) is 2. The molecule has 0 spiro atoms. The van der Waals surface area contributed by atoms with Crippen LogP contribution in [0.15, 0.2) is 29.1 Å². The van der Waals surface area contributed by atoms with Crippen LogP contribution in [-0.2, 0) is 6.54 Å². The first-order valence-corrected chi connectivity index (χ1v) is 7.60. The minimum absolute atomic E-state index is 0.168. The summed E-state index contributed by atoms with van der Waals surface area (Å²) in [4.78, 5) is 26.5. The number of fused-ring (bicyclic) bond motifs is 1. The molecule has 0 aliphatic heterocycles. The Balaban J connectivity index is 2.00. The molecule has 1 aromatic carbocycles. The second-order valence-corrected chi connectivity index (χ2v) is 6.01. The van der Waals surface area contributed by atoms with Gasteiger partial charge in [-0.15, -0.1) is 0 Å². The normalized spacial score (nSPS) is 10.9. The Labute approximate surface area is 130 Å². The molecule has 0 saturated heterocycles. The average molecular weight is 301 g/mol. The summed E-state index contributed by atoms with van der Waals surface area (Å²) >= 11 is 0. The highest BCUT2D eigenvalue weighted by Crippen LogP contribution is 2.13. The van der Waals surface area contributed by atoms with Crippen molar-refractivity contribution in [3.8, 4) is 0 Å². The quantitative estimate of drug-likeness (QED) is 0.794. The molecule has 0 aliphatic carbocycles. The van der Waals surface area contributed by atoms with Crippen molar-refractivity contribution in [1.29, 1.82) is 0 Å². The number of pyridine rings is 1. The van der Waals surface area contributed by atoms with Crippen LogP contribution in [0.5, 0.6) is 0 Å². The van der Waals surface area contributed by atoms with Crippen LogP contribution in [0, 0.1) is 12.8 Å². The van der Waals surface area contributed by atoms with Gasteiger partial charge in [-0.2, -0.15) is 0 Å². The van der Waals surface area contributed by atoms with E-state index < -0.39 is 0 Å². The molecule has 0 fully saturated rings. The molecule has 0 atom stereocenters. The lowest BCUT2D eigenvalue weighted by Gasteiger charge is -2.09. The molecule has 5 heteroatoms. The van der Waals surface area contributed by atoms with E-state index in [1.165, 1.54) is 0 Å². The van der Waals surface area contributed by atoms with Gasteiger partial charge in [-0.1, -0.05) is 25.5 Å². The van der Waals surface area contributed by atoms with Crippen LogP contribution < -0.4 is 16.2 Å². The van der Waals surface area contributed by atoms with E-state index in [9.17, 15) is 9.59 Å². The summed E-state index contributed by atoms with van der Waals surface area (Å²) in [5.74, 6) is 0.548. The van der Waals surface area contributed by atoms with Crippen molar-refractivity contribution in [2.24, 2.45) is 5.92 Å². The van der Waals surface area contributed by atoms with Gasteiger partial charge in [-0.25, -0.2) is 4.79 Å². The molecule has 118 valence electrons. The number of amides is 2. The molecular weight excluding hydrogens is 278 g/mol. The largest absolute Gasteiger partial charge is 0.338 e. The fraction of sp³-hybridized carbons (Fsp3) is 0.412. The van der Waals surface area contributed by atoms with Crippen molar-refractivity contribution < 1.29 is 4.79 Å². The molecule has 2 amide bonds. The van der Waals surface area contributed by atoms with Crippen LogP contribution in [0.25, 0.3) is 10.9 Å². The third-order valence-electron chi connectivity index (χ3n) is 3.52. The summed E-state index contributed by atoms with van der Waals surface area (Å²) in [6.45, 7) is 7.07. The summed E-state index contributed by atoms with van der Waals surface area (Å²) in [6, 6.07) is 7.44. The Morgan fingerprint density at radius 2 is 2.00 bits per heavy atom. The third kappa shape index (κ3) is 4.35. The van der Waals surface area contributed by atoms with Crippen LogP contribution in [0.4, 0.5) is 4.79 Å². The number of aromatic nitrogens is 1. The van der Waals surface area contributed by atoms with E-state index in [4.69, 9.17) is 0 Å². The smallest absolute Gasteiger partial charge is 0.315 e. The van der Waals surface area contributed by atoms with Crippen molar-refractivity contribution >= 4 is 16.9 Å². The van der Waals surface area contributed by atoms with Gasteiger partial charge >= 0.3 is 6.03 Å². The summed E-state index contributed by atoms with van der Waals surface area (Å²) in [7, 11) is 0. The molecule has 0 radical (unpaired) electrons. The Bertz CT molecular complexity index is 719. The molecule has 0 aliphatic rings. The topological polar surface area (TPSA) is 74.0 Å². The summed E-state index contributed by atoms with van der Waals surface area (Å²) in [5.41, 5.74) is 2.32. The number of carbonyl (C=O) groups excluding carboxylic acids is 1. The van der Waals surface area contributed by atoms with E-state index in [-0.39, 0.29) is 18.1 Å². The first kappa shape index (κ1) is 16.1. The maximum atomic E-state index is 12.0. The zero-order valence-corrected chi connectivity index (χ0v) is 13.3. The molecule has 2 rings (SSSR count). The summed E-state index contributed by atoms with van der Waals surface area (Å²) in [5, 5.41) is 6.48. The molecule has 1 aromatic heterocycles. The van der Waals surface area contributed by atoms with Crippen LogP contribution >= 0.6 is 0 Å². The van der Waals surface area contributed by atoms with Gasteiger partial charge in [0.25, 0.3) is 5.56 Å². The number of urea groups is 1. The van der Waals surface area contributed by atoms with Crippen LogP contribution in [-0.4, -0.2) is 17.6 Å². The van der Waals surface area contributed by atoms with Crippen LogP contribution in [0.3, 0.4) is 0 Å². The molecule has 0 bridgehead atoms. The highest BCUT2D eigenvalue weighted by molar-refractivity contribution is 5.80. The number of aryl methyl sites for hydroxylation is 1. The zero-order chi connectivity index (χ0) is 16.1. The summed E-state index contributed by atoms with van der Waals surface area (Å²) < 4.78 is 0. The van der Waals surface area contributed by atoms with E-state index in [1.807, 2.05) is 31.2 Å². The molecule has 0 saturated carbocycles. The highest BCUT2D eigenvalue weighted by Gasteiger charge is 2.06. The Hall–Kier alpha value is -2.30. The van der Waals surface area contributed by atoms with Crippen LogP contribution in [0.1, 0.15) is 31.4 Å². The number of rotatable bonds is 5. The Kier molecular flexibility index (Phi) is 5.20. The lowest BCUT2D eigenvalue weighted by Crippen LogP contribution is -2.37. The van der Waals surface area contributed by atoms with E-state index in [0.717, 1.165) is 22.9 Å². The predicted octanol–water partition coefficient (Wildman–Crippen LogP) is 2.68. The number of carbonyl (C=O) groups is 1. The van der Waals surface area contributed by atoms with Crippen LogP contribution in [0.2, 0.25) is 0 Å². The van der Waals surface area contributed by atoms with Crippen molar-refractivity contribution in [1.82, 2.24) is 15.6 Å². The molecule has 5 nitrogen and oxygen atoms in total. The zero-order valence-electron chi connectivity index (χ0n) is 13.3. The van der Waals surface area contributed by atoms with E-state index >= 15 is 0 Å².